The number of amides is 2. The Morgan fingerprint density at radius 2 is 1.85 bits per heavy atom. The minimum absolute atomic E-state index is 0.269. The number of esters is 1. The van der Waals surface area contributed by atoms with Crippen molar-refractivity contribution in [3.05, 3.63) is 64.1 Å². The van der Waals surface area contributed by atoms with Crippen LogP contribution in [0.4, 0.5) is 5.69 Å². The van der Waals surface area contributed by atoms with Crippen molar-refractivity contribution < 1.29 is 19.1 Å². The molecule has 0 heterocycles. The molecule has 0 aromatic heterocycles. The fourth-order valence-electron chi connectivity index (χ4n) is 2.45. The predicted octanol–water partition coefficient (Wildman–Crippen LogP) is 2.92. The molecule has 136 valence electrons. The van der Waals surface area contributed by atoms with Crippen LogP contribution in [0.1, 0.15) is 22.8 Å². The van der Waals surface area contributed by atoms with Crippen molar-refractivity contribution in [3.63, 3.8) is 0 Å². The highest BCUT2D eigenvalue weighted by atomic mass is 79.9. The van der Waals surface area contributed by atoms with Gasteiger partial charge in [-0.15, -0.1) is 0 Å². The van der Waals surface area contributed by atoms with E-state index in [9.17, 15) is 14.4 Å². The number of carbonyl (C=O) groups excluding carboxylic acids is 3. The lowest BCUT2D eigenvalue weighted by Gasteiger charge is -2.18. The first-order chi connectivity index (χ1) is 12.4. The Labute approximate surface area is 160 Å². The van der Waals surface area contributed by atoms with E-state index in [1.54, 1.807) is 24.3 Å². The van der Waals surface area contributed by atoms with E-state index in [1.807, 2.05) is 24.3 Å². The molecule has 2 rings (SSSR count). The maximum atomic E-state index is 12.7. The van der Waals surface area contributed by atoms with E-state index >= 15 is 0 Å². The van der Waals surface area contributed by atoms with Crippen molar-refractivity contribution in [1.82, 2.24) is 5.32 Å². The van der Waals surface area contributed by atoms with Crippen molar-refractivity contribution in [3.8, 4) is 0 Å². The van der Waals surface area contributed by atoms with Crippen molar-refractivity contribution in [1.29, 1.82) is 0 Å². The number of carbonyl (C=O) groups is 3. The molecule has 0 unspecified atom stereocenters. The third kappa shape index (κ3) is 5.42. The van der Waals surface area contributed by atoms with Crippen molar-refractivity contribution in [2.24, 2.45) is 0 Å². The summed E-state index contributed by atoms with van der Waals surface area (Å²) in [6.45, 7) is 1.36. The fourth-order valence-corrected chi connectivity index (χ4v) is 2.90. The molecule has 1 atom stereocenters. The second kappa shape index (κ2) is 9.15. The first-order valence-electron chi connectivity index (χ1n) is 7.90. The monoisotopic (exact) mass is 418 g/mol. The van der Waals surface area contributed by atoms with Crippen LogP contribution in [0.2, 0.25) is 0 Å². The lowest BCUT2D eigenvalue weighted by molar-refractivity contribution is -0.142. The molecule has 26 heavy (non-hydrogen) atoms. The lowest BCUT2D eigenvalue weighted by atomic mass is 10.0. The van der Waals surface area contributed by atoms with Crippen molar-refractivity contribution in [2.45, 2.75) is 19.4 Å². The van der Waals surface area contributed by atoms with E-state index in [2.05, 4.69) is 26.6 Å². The number of para-hydroxylation sites is 1. The number of benzene rings is 2. The second-order valence-electron chi connectivity index (χ2n) is 5.61. The summed E-state index contributed by atoms with van der Waals surface area (Å²) in [6, 6.07) is 13.2. The van der Waals surface area contributed by atoms with Crippen LogP contribution in [-0.2, 0) is 20.7 Å². The van der Waals surface area contributed by atoms with Gasteiger partial charge in [0.05, 0.1) is 18.4 Å². The Morgan fingerprint density at radius 3 is 2.50 bits per heavy atom. The average Bonchev–Trinajstić information content (AvgIpc) is 2.60. The zero-order valence-corrected chi connectivity index (χ0v) is 16.0. The predicted molar refractivity (Wildman–Crippen MR) is 102 cm³/mol. The van der Waals surface area contributed by atoms with Gasteiger partial charge >= 0.3 is 5.97 Å². The number of anilines is 1. The molecule has 0 aliphatic rings. The molecule has 2 aromatic carbocycles. The lowest BCUT2D eigenvalue weighted by Crippen LogP contribution is -2.43. The molecule has 0 fully saturated rings. The zero-order chi connectivity index (χ0) is 19.1. The van der Waals surface area contributed by atoms with E-state index in [-0.39, 0.29) is 17.9 Å². The van der Waals surface area contributed by atoms with E-state index in [1.165, 1.54) is 14.0 Å². The van der Waals surface area contributed by atoms with Gasteiger partial charge in [-0.25, -0.2) is 4.79 Å². The highest BCUT2D eigenvalue weighted by Gasteiger charge is 2.24. The number of ether oxygens (including phenoxy) is 1. The summed E-state index contributed by atoms with van der Waals surface area (Å²) in [5.74, 6) is -1.31. The summed E-state index contributed by atoms with van der Waals surface area (Å²) in [6.07, 6.45) is 0.278. The largest absolute Gasteiger partial charge is 0.467 e. The molecule has 0 bridgehead atoms. The van der Waals surface area contributed by atoms with Gasteiger partial charge in [-0.05, 0) is 29.8 Å². The molecule has 0 saturated heterocycles. The smallest absolute Gasteiger partial charge is 0.328 e. The Balaban J connectivity index is 2.22. The Kier molecular flexibility index (Phi) is 6.91. The molecular formula is C19H19BrN2O4. The normalized spacial score (nSPS) is 11.3. The highest BCUT2D eigenvalue weighted by Crippen LogP contribution is 2.17. The van der Waals surface area contributed by atoms with Crippen molar-refractivity contribution in [2.75, 3.05) is 12.4 Å². The van der Waals surface area contributed by atoms with Gasteiger partial charge in [0, 0.05) is 17.8 Å². The van der Waals surface area contributed by atoms with Gasteiger partial charge in [-0.2, -0.15) is 0 Å². The van der Waals surface area contributed by atoms with Crippen LogP contribution in [-0.4, -0.2) is 30.9 Å². The molecule has 2 aromatic rings. The molecule has 2 N–H and O–H groups in total. The molecular weight excluding hydrogens is 400 g/mol. The molecule has 0 radical (unpaired) electrons. The quantitative estimate of drug-likeness (QED) is 0.706. The van der Waals surface area contributed by atoms with Crippen LogP contribution < -0.4 is 10.6 Å². The number of hydrogen-bond donors (Lipinski definition) is 2. The zero-order valence-electron chi connectivity index (χ0n) is 14.4. The Hall–Kier alpha value is -2.67. The maximum absolute atomic E-state index is 12.7. The highest BCUT2D eigenvalue weighted by molar-refractivity contribution is 9.10. The fraction of sp³-hybridized carbons (Fsp3) is 0.211. The van der Waals surface area contributed by atoms with Crippen LogP contribution in [0, 0.1) is 0 Å². The summed E-state index contributed by atoms with van der Waals surface area (Å²) < 4.78 is 5.69. The van der Waals surface area contributed by atoms with Gasteiger partial charge in [-0.3, -0.25) is 9.59 Å². The summed E-state index contributed by atoms with van der Waals surface area (Å²) >= 11 is 3.38. The number of nitrogens with one attached hydrogen (secondary N) is 2. The van der Waals surface area contributed by atoms with Crippen molar-refractivity contribution >= 4 is 39.4 Å². The third-order valence-corrected chi connectivity index (χ3v) is 4.10. The van der Waals surface area contributed by atoms with Gasteiger partial charge in [-0.1, -0.05) is 40.2 Å². The van der Waals surface area contributed by atoms with Crippen LogP contribution in [0.5, 0.6) is 0 Å². The first-order valence-corrected chi connectivity index (χ1v) is 8.69. The molecule has 6 nitrogen and oxygen atoms in total. The van der Waals surface area contributed by atoms with Crippen LogP contribution in [0.25, 0.3) is 0 Å². The summed E-state index contributed by atoms with van der Waals surface area (Å²) in [4.78, 5) is 36.1. The van der Waals surface area contributed by atoms with Crippen LogP contribution in [0.3, 0.4) is 0 Å². The molecule has 0 spiro atoms. The number of halogens is 1. The van der Waals surface area contributed by atoms with E-state index in [0.717, 1.165) is 10.0 Å². The maximum Gasteiger partial charge on any atom is 0.328 e. The van der Waals surface area contributed by atoms with E-state index in [4.69, 9.17) is 4.74 Å². The van der Waals surface area contributed by atoms with Gasteiger partial charge < -0.3 is 15.4 Å². The summed E-state index contributed by atoms with van der Waals surface area (Å²) in [5, 5.41) is 5.29. The Bertz CT molecular complexity index is 823. The van der Waals surface area contributed by atoms with E-state index in [0.29, 0.717) is 5.69 Å². The molecule has 0 saturated carbocycles. The number of rotatable bonds is 6. The van der Waals surface area contributed by atoms with Gasteiger partial charge in [0.1, 0.15) is 6.04 Å². The van der Waals surface area contributed by atoms with Crippen LogP contribution >= 0.6 is 15.9 Å². The molecule has 0 aliphatic heterocycles. The minimum Gasteiger partial charge on any atom is -0.467 e. The molecule has 2 amide bonds. The minimum atomic E-state index is -0.854. The van der Waals surface area contributed by atoms with Gasteiger partial charge in [0.25, 0.3) is 5.91 Å². The first kappa shape index (κ1) is 19.7. The third-order valence-electron chi connectivity index (χ3n) is 3.60. The van der Waals surface area contributed by atoms with Gasteiger partial charge in [0.15, 0.2) is 0 Å². The standard InChI is InChI=1S/C19H19BrN2O4/c1-12(23)21-16-9-4-3-8-15(16)18(24)22-17(19(25)26-2)11-13-6-5-7-14(20)10-13/h3-10,17H,11H2,1-2H3,(H,21,23)(H,22,24)/t17-/m0/s1. The Morgan fingerprint density at radius 1 is 1.12 bits per heavy atom. The SMILES string of the molecule is COC(=O)[C@H](Cc1cccc(Br)c1)NC(=O)c1ccccc1NC(C)=O. The summed E-state index contributed by atoms with van der Waals surface area (Å²) in [7, 11) is 1.27. The van der Waals surface area contributed by atoms with Crippen LogP contribution in [0.15, 0.2) is 53.0 Å². The van der Waals surface area contributed by atoms with Gasteiger partial charge in [0.2, 0.25) is 5.91 Å². The average molecular weight is 419 g/mol. The molecule has 7 heteroatoms. The number of methoxy groups -OCH3 is 1. The summed E-state index contributed by atoms with van der Waals surface area (Å²) in [5.41, 5.74) is 1.51. The topological polar surface area (TPSA) is 84.5 Å². The second-order valence-corrected chi connectivity index (χ2v) is 6.53. The number of hydrogen-bond acceptors (Lipinski definition) is 4. The van der Waals surface area contributed by atoms with E-state index < -0.39 is 17.9 Å². The molecule has 0 aliphatic carbocycles.